The van der Waals surface area contributed by atoms with Gasteiger partial charge in [-0.05, 0) is 38.8 Å². The van der Waals surface area contributed by atoms with E-state index in [0.29, 0.717) is 37.9 Å². The highest BCUT2D eigenvalue weighted by atomic mass is 32.2. The van der Waals surface area contributed by atoms with Gasteiger partial charge in [0, 0.05) is 12.6 Å². The van der Waals surface area contributed by atoms with E-state index in [1.54, 1.807) is 6.07 Å². The average Bonchev–Trinajstić information content (AvgIpc) is 2.50. The Morgan fingerprint density at radius 1 is 1.14 bits per heavy atom. The van der Waals surface area contributed by atoms with Crippen molar-refractivity contribution in [3.05, 3.63) is 18.2 Å². The number of nitrogens with zero attached hydrogens (tertiary/aromatic N) is 1. The molecule has 6 nitrogen and oxygen atoms in total. The van der Waals surface area contributed by atoms with E-state index in [-0.39, 0.29) is 4.90 Å². The number of ether oxygens (including phenoxy) is 2. The Kier molecular flexibility index (Phi) is 5.44. The predicted molar refractivity (Wildman–Crippen MR) is 77.9 cm³/mol. The van der Waals surface area contributed by atoms with Crippen LogP contribution in [0.15, 0.2) is 23.1 Å². The fourth-order valence-corrected chi connectivity index (χ4v) is 3.39. The van der Waals surface area contributed by atoms with Crippen LogP contribution in [-0.2, 0) is 14.9 Å². The van der Waals surface area contributed by atoms with Gasteiger partial charge in [-0.1, -0.05) is 4.47 Å². The molecular formula is C14H21NO5S. The molecule has 0 spiro atoms. The molecule has 1 aromatic rings. The molecule has 21 heavy (non-hydrogen) atoms. The van der Waals surface area contributed by atoms with Crippen molar-refractivity contribution in [1.29, 1.82) is 0 Å². The van der Waals surface area contributed by atoms with E-state index >= 15 is 0 Å². The molecule has 2 rings (SSSR count). The van der Waals surface area contributed by atoms with Crippen molar-refractivity contribution in [3.63, 3.8) is 0 Å². The third-order valence-corrected chi connectivity index (χ3v) is 4.72. The smallest absolute Gasteiger partial charge is 0.265 e. The molecule has 0 bridgehead atoms. The van der Waals surface area contributed by atoms with Gasteiger partial charge in [0.1, 0.15) is 0 Å². The van der Waals surface area contributed by atoms with Crippen molar-refractivity contribution in [2.45, 2.75) is 31.6 Å². The molecule has 1 heterocycles. The molecule has 7 heteroatoms. The average molecular weight is 315 g/mol. The zero-order valence-corrected chi connectivity index (χ0v) is 13.2. The topological polar surface area (TPSA) is 65.1 Å². The van der Waals surface area contributed by atoms with E-state index < -0.39 is 10.0 Å². The van der Waals surface area contributed by atoms with Gasteiger partial charge >= 0.3 is 0 Å². The zero-order valence-electron chi connectivity index (χ0n) is 12.4. The van der Waals surface area contributed by atoms with Gasteiger partial charge in [0.2, 0.25) is 0 Å². The van der Waals surface area contributed by atoms with Gasteiger partial charge in [0.05, 0.1) is 24.7 Å². The standard InChI is InChI=1S/C14H21NO5S/c1-3-18-13-8-7-12(11-14(13)19-4-2)21(16,17)15-9-5-6-10-20-15/h7-8,11H,3-6,9-10H2,1-2H3. The van der Waals surface area contributed by atoms with Crippen LogP contribution in [0.25, 0.3) is 0 Å². The molecule has 1 fully saturated rings. The largest absolute Gasteiger partial charge is 0.490 e. The second-order valence-corrected chi connectivity index (χ2v) is 6.38. The molecule has 118 valence electrons. The van der Waals surface area contributed by atoms with Crippen LogP contribution in [0.4, 0.5) is 0 Å². The van der Waals surface area contributed by atoms with Crippen molar-refractivity contribution in [2.24, 2.45) is 0 Å². The Bertz CT molecular complexity index is 567. The SMILES string of the molecule is CCOc1ccc(S(=O)(=O)N2CCCCO2)cc1OCC. The summed E-state index contributed by atoms with van der Waals surface area (Å²) in [4.78, 5) is 5.40. The molecule has 0 unspecified atom stereocenters. The van der Waals surface area contributed by atoms with Crippen LogP contribution in [-0.4, -0.2) is 39.3 Å². The molecule has 1 aliphatic rings. The first-order valence-corrected chi connectivity index (χ1v) is 8.59. The first kappa shape index (κ1) is 16.1. The Morgan fingerprint density at radius 3 is 2.48 bits per heavy atom. The molecule has 0 saturated carbocycles. The fraction of sp³-hybridized carbons (Fsp3) is 0.571. The summed E-state index contributed by atoms with van der Waals surface area (Å²) in [5, 5.41) is 0. The van der Waals surface area contributed by atoms with Gasteiger partial charge < -0.3 is 9.47 Å². The van der Waals surface area contributed by atoms with E-state index in [2.05, 4.69) is 0 Å². The van der Waals surface area contributed by atoms with Crippen molar-refractivity contribution in [1.82, 2.24) is 4.47 Å². The number of sulfonamides is 1. The monoisotopic (exact) mass is 315 g/mol. The van der Waals surface area contributed by atoms with Gasteiger partial charge in [0.25, 0.3) is 10.0 Å². The van der Waals surface area contributed by atoms with Crippen molar-refractivity contribution < 1.29 is 22.7 Å². The van der Waals surface area contributed by atoms with Crippen molar-refractivity contribution in [3.8, 4) is 11.5 Å². The molecule has 0 radical (unpaired) electrons. The summed E-state index contributed by atoms with van der Waals surface area (Å²) in [5.41, 5.74) is 0. The van der Waals surface area contributed by atoms with Crippen LogP contribution in [0.3, 0.4) is 0 Å². The molecule has 0 amide bonds. The van der Waals surface area contributed by atoms with Crippen LogP contribution in [0, 0.1) is 0 Å². The van der Waals surface area contributed by atoms with Gasteiger partial charge in [-0.2, -0.15) is 0 Å². The minimum Gasteiger partial charge on any atom is -0.490 e. The number of hydrogen-bond acceptors (Lipinski definition) is 5. The molecule has 1 saturated heterocycles. The summed E-state index contributed by atoms with van der Waals surface area (Å²) in [5.74, 6) is 0.968. The van der Waals surface area contributed by atoms with Gasteiger partial charge in [0.15, 0.2) is 11.5 Å². The van der Waals surface area contributed by atoms with Gasteiger partial charge in [-0.25, -0.2) is 8.42 Å². The number of hydrogen-bond donors (Lipinski definition) is 0. The van der Waals surface area contributed by atoms with E-state index in [0.717, 1.165) is 17.3 Å². The van der Waals surface area contributed by atoms with Crippen molar-refractivity contribution in [2.75, 3.05) is 26.4 Å². The maximum Gasteiger partial charge on any atom is 0.265 e. The second kappa shape index (κ2) is 7.11. The molecular weight excluding hydrogens is 294 g/mol. The third kappa shape index (κ3) is 3.66. The Morgan fingerprint density at radius 2 is 1.86 bits per heavy atom. The Hall–Kier alpha value is -1.31. The van der Waals surface area contributed by atoms with Crippen molar-refractivity contribution >= 4 is 10.0 Å². The maximum atomic E-state index is 12.5. The summed E-state index contributed by atoms with van der Waals surface area (Å²) in [7, 11) is -3.66. The molecule has 0 atom stereocenters. The molecule has 1 aliphatic heterocycles. The van der Waals surface area contributed by atoms with E-state index in [9.17, 15) is 8.42 Å². The highest BCUT2D eigenvalue weighted by Crippen LogP contribution is 2.31. The quantitative estimate of drug-likeness (QED) is 0.805. The summed E-state index contributed by atoms with van der Waals surface area (Å²) in [6.45, 7) is 5.42. The predicted octanol–water partition coefficient (Wildman–Crippen LogP) is 2.20. The second-order valence-electron chi connectivity index (χ2n) is 4.55. The number of rotatable bonds is 6. The maximum absolute atomic E-state index is 12.5. The zero-order chi connectivity index (χ0) is 15.3. The van der Waals surface area contributed by atoms with Crippen LogP contribution in [0.5, 0.6) is 11.5 Å². The minimum absolute atomic E-state index is 0.149. The van der Waals surface area contributed by atoms with Crippen LogP contribution in [0.1, 0.15) is 26.7 Å². The number of benzene rings is 1. The Labute approximate surface area is 125 Å². The van der Waals surface area contributed by atoms with E-state index in [1.807, 2.05) is 13.8 Å². The van der Waals surface area contributed by atoms with Gasteiger partial charge in [-0.15, -0.1) is 0 Å². The fourth-order valence-electron chi connectivity index (χ4n) is 2.07. The summed E-state index contributed by atoms with van der Waals surface area (Å²) >= 11 is 0. The summed E-state index contributed by atoms with van der Waals surface area (Å²) in [6.07, 6.45) is 1.67. The van der Waals surface area contributed by atoms with Crippen LogP contribution < -0.4 is 9.47 Å². The van der Waals surface area contributed by atoms with Gasteiger partial charge in [-0.3, -0.25) is 4.84 Å². The molecule has 0 aromatic heterocycles. The first-order valence-electron chi connectivity index (χ1n) is 7.15. The lowest BCUT2D eigenvalue weighted by Crippen LogP contribution is -2.35. The molecule has 0 aliphatic carbocycles. The molecule has 0 N–H and O–H groups in total. The van der Waals surface area contributed by atoms with E-state index in [1.165, 1.54) is 12.1 Å². The third-order valence-electron chi connectivity index (χ3n) is 3.05. The first-order chi connectivity index (χ1) is 10.1. The van der Waals surface area contributed by atoms with Crippen LogP contribution >= 0.6 is 0 Å². The highest BCUT2D eigenvalue weighted by molar-refractivity contribution is 7.89. The lowest BCUT2D eigenvalue weighted by atomic mass is 10.3. The molecule has 1 aromatic carbocycles. The lowest BCUT2D eigenvalue weighted by molar-refractivity contribution is -0.108. The number of hydroxylamine groups is 1. The Balaban J connectivity index is 2.32. The summed E-state index contributed by atoms with van der Waals surface area (Å²) < 4.78 is 37.0. The summed E-state index contributed by atoms with van der Waals surface area (Å²) in [6, 6.07) is 4.62. The van der Waals surface area contributed by atoms with Crippen LogP contribution in [0.2, 0.25) is 0 Å². The minimum atomic E-state index is -3.66. The highest BCUT2D eigenvalue weighted by Gasteiger charge is 2.28. The normalized spacial score (nSPS) is 16.7. The van der Waals surface area contributed by atoms with E-state index in [4.69, 9.17) is 14.3 Å². The lowest BCUT2D eigenvalue weighted by Gasteiger charge is -2.25.